The van der Waals surface area contributed by atoms with Crippen LogP contribution in [0.25, 0.3) is 11.0 Å². The zero-order valence-electron chi connectivity index (χ0n) is 16.4. The molecule has 0 radical (unpaired) electrons. The van der Waals surface area contributed by atoms with E-state index in [9.17, 15) is 4.79 Å². The quantitative estimate of drug-likeness (QED) is 0.677. The Kier molecular flexibility index (Phi) is 5.80. The number of nitrogens with zero attached hydrogens (tertiary/aromatic N) is 1. The van der Waals surface area contributed by atoms with E-state index in [1.165, 1.54) is 10.4 Å². The molecule has 1 saturated heterocycles. The van der Waals surface area contributed by atoms with Gasteiger partial charge in [-0.25, -0.2) is 0 Å². The lowest BCUT2D eigenvalue weighted by molar-refractivity contribution is 0.0168. The molecule has 1 aliphatic heterocycles. The Morgan fingerprint density at radius 1 is 1.29 bits per heavy atom. The predicted octanol–water partition coefficient (Wildman–Crippen LogP) is 4.17. The van der Waals surface area contributed by atoms with Crippen LogP contribution in [0.2, 0.25) is 0 Å². The number of carbonyl (C=O) groups excluding carboxylic acids is 1. The highest BCUT2D eigenvalue weighted by molar-refractivity contribution is 7.10. The van der Waals surface area contributed by atoms with Crippen LogP contribution in [0.1, 0.15) is 39.5 Å². The van der Waals surface area contributed by atoms with Gasteiger partial charge >= 0.3 is 0 Å². The van der Waals surface area contributed by atoms with Gasteiger partial charge in [0, 0.05) is 35.5 Å². The van der Waals surface area contributed by atoms with E-state index in [1.807, 2.05) is 13.0 Å². The molecule has 1 N–H and O–H groups in total. The van der Waals surface area contributed by atoms with Crippen LogP contribution in [0.15, 0.2) is 40.1 Å². The van der Waals surface area contributed by atoms with Crippen LogP contribution >= 0.6 is 11.3 Å². The number of thiophene rings is 1. The van der Waals surface area contributed by atoms with E-state index in [-0.39, 0.29) is 11.9 Å². The minimum atomic E-state index is -0.151. The molecule has 1 aliphatic rings. The Morgan fingerprint density at radius 2 is 2.11 bits per heavy atom. The van der Waals surface area contributed by atoms with Crippen molar-refractivity contribution in [2.24, 2.45) is 0 Å². The maximum absolute atomic E-state index is 12.9. The van der Waals surface area contributed by atoms with E-state index >= 15 is 0 Å². The second kappa shape index (κ2) is 8.47. The average Bonchev–Trinajstić information content (AvgIpc) is 3.37. The normalized spacial score (nSPS) is 16.4. The van der Waals surface area contributed by atoms with Crippen molar-refractivity contribution in [3.63, 3.8) is 0 Å². The van der Waals surface area contributed by atoms with Gasteiger partial charge in [-0.15, -0.1) is 11.3 Å². The SMILES string of the molecule is CCc1ccc2oc(C(=O)NC[C@@H](c3cccs3)N3CCOCC3)c(C)c2c1. The van der Waals surface area contributed by atoms with Crippen molar-refractivity contribution in [3.8, 4) is 0 Å². The summed E-state index contributed by atoms with van der Waals surface area (Å²) in [5.41, 5.74) is 2.91. The smallest absolute Gasteiger partial charge is 0.287 e. The molecule has 1 atom stereocenters. The highest BCUT2D eigenvalue weighted by Gasteiger charge is 2.25. The summed E-state index contributed by atoms with van der Waals surface area (Å²) in [5, 5.41) is 6.21. The lowest BCUT2D eigenvalue weighted by atomic mass is 10.1. The third-order valence-electron chi connectivity index (χ3n) is 5.43. The maximum Gasteiger partial charge on any atom is 0.287 e. The molecule has 1 fully saturated rings. The first-order chi connectivity index (χ1) is 13.7. The van der Waals surface area contributed by atoms with Gasteiger partial charge in [-0.1, -0.05) is 19.1 Å². The number of hydrogen-bond donors (Lipinski definition) is 1. The molecule has 1 aromatic carbocycles. The van der Waals surface area contributed by atoms with Gasteiger partial charge in [0.25, 0.3) is 5.91 Å². The highest BCUT2D eigenvalue weighted by Crippen LogP contribution is 2.28. The van der Waals surface area contributed by atoms with Crippen molar-refractivity contribution in [2.45, 2.75) is 26.3 Å². The Morgan fingerprint density at radius 3 is 2.82 bits per heavy atom. The number of rotatable bonds is 6. The van der Waals surface area contributed by atoms with Gasteiger partial charge in [0.2, 0.25) is 0 Å². The molecular formula is C22H26N2O3S. The first-order valence-electron chi connectivity index (χ1n) is 9.82. The van der Waals surface area contributed by atoms with Crippen LogP contribution in [0.5, 0.6) is 0 Å². The van der Waals surface area contributed by atoms with Crippen LogP contribution in [-0.4, -0.2) is 43.7 Å². The first kappa shape index (κ1) is 19.2. The fraction of sp³-hybridized carbons (Fsp3) is 0.409. The summed E-state index contributed by atoms with van der Waals surface area (Å²) >= 11 is 1.73. The van der Waals surface area contributed by atoms with Gasteiger partial charge in [-0.2, -0.15) is 0 Å². The Hall–Kier alpha value is -2.15. The fourth-order valence-electron chi connectivity index (χ4n) is 3.75. The molecule has 4 rings (SSSR count). The summed E-state index contributed by atoms with van der Waals surface area (Å²) < 4.78 is 11.4. The zero-order chi connectivity index (χ0) is 19.5. The number of benzene rings is 1. The van der Waals surface area contributed by atoms with E-state index in [4.69, 9.17) is 9.15 Å². The third kappa shape index (κ3) is 3.85. The van der Waals surface area contributed by atoms with Gasteiger partial charge in [-0.05, 0) is 42.5 Å². The van der Waals surface area contributed by atoms with Crippen molar-refractivity contribution in [2.75, 3.05) is 32.8 Å². The molecule has 5 nitrogen and oxygen atoms in total. The molecule has 0 spiro atoms. The maximum atomic E-state index is 12.9. The molecule has 3 heterocycles. The fourth-order valence-corrected chi connectivity index (χ4v) is 4.61. The van der Waals surface area contributed by atoms with Crippen molar-refractivity contribution in [1.82, 2.24) is 10.2 Å². The van der Waals surface area contributed by atoms with Crippen LogP contribution in [0, 0.1) is 6.92 Å². The van der Waals surface area contributed by atoms with Crippen LogP contribution in [0.4, 0.5) is 0 Å². The zero-order valence-corrected chi connectivity index (χ0v) is 17.2. The molecule has 2 aromatic heterocycles. The van der Waals surface area contributed by atoms with E-state index in [2.05, 4.69) is 46.8 Å². The first-order valence-corrected chi connectivity index (χ1v) is 10.7. The molecule has 0 bridgehead atoms. The third-order valence-corrected chi connectivity index (χ3v) is 6.40. The van der Waals surface area contributed by atoms with Gasteiger partial charge < -0.3 is 14.5 Å². The molecule has 0 aliphatic carbocycles. The standard InChI is InChI=1S/C22H26N2O3S/c1-3-16-6-7-19-17(13-16)15(2)21(27-19)22(25)23-14-18(20-5-4-12-28-20)24-8-10-26-11-9-24/h4-7,12-13,18H,3,8-11,14H2,1-2H3,(H,23,25)/t18-/m0/s1. The molecule has 0 unspecified atom stereocenters. The summed E-state index contributed by atoms with van der Waals surface area (Å²) in [5.74, 6) is 0.261. The Labute approximate surface area is 169 Å². The summed E-state index contributed by atoms with van der Waals surface area (Å²) in [7, 11) is 0. The molecule has 28 heavy (non-hydrogen) atoms. The number of amides is 1. The minimum absolute atomic E-state index is 0.151. The van der Waals surface area contributed by atoms with E-state index in [1.54, 1.807) is 11.3 Å². The number of ether oxygens (including phenoxy) is 1. The number of morpholine rings is 1. The van der Waals surface area contributed by atoms with Crippen molar-refractivity contribution in [3.05, 3.63) is 57.5 Å². The summed E-state index contributed by atoms with van der Waals surface area (Å²) in [6.45, 7) is 7.86. The van der Waals surface area contributed by atoms with Crippen molar-refractivity contribution >= 4 is 28.2 Å². The average molecular weight is 399 g/mol. The number of furan rings is 1. The molecule has 148 valence electrons. The number of carbonyl (C=O) groups is 1. The molecule has 3 aromatic rings. The van der Waals surface area contributed by atoms with Crippen molar-refractivity contribution < 1.29 is 13.9 Å². The van der Waals surface area contributed by atoms with E-state index in [0.717, 1.165) is 49.3 Å². The summed E-state index contributed by atoms with van der Waals surface area (Å²) in [6.07, 6.45) is 0.962. The van der Waals surface area contributed by atoms with E-state index in [0.29, 0.717) is 12.3 Å². The number of nitrogens with one attached hydrogen (secondary N) is 1. The lowest BCUT2D eigenvalue weighted by Gasteiger charge is -2.34. The molecule has 6 heteroatoms. The number of hydrogen-bond acceptors (Lipinski definition) is 5. The van der Waals surface area contributed by atoms with Gasteiger partial charge in [-0.3, -0.25) is 9.69 Å². The summed E-state index contributed by atoms with van der Waals surface area (Å²) in [4.78, 5) is 16.5. The lowest BCUT2D eigenvalue weighted by Crippen LogP contribution is -2.43. The largest absolute Gasteiger partial charge is 0.451 e. The second-order valence-corrected chi connectivity index (χ2v) is 8.11. The van der Waals surface area contributed by atoms with Gasteiger partial charge in [0.15, 0.2) is 5.76 Å². The van der Waals surface area contributed by atoms with Crippen LogP contribution in [0.3, 0.4) is 0 Å². The predicted molar refractivity (Wildman–Crippen MR) is 112 cm³/mol. The monoisotopic (exact) mass is 398 g/mol. The van der Waals surface area contributed by atoms with Crippen LogP contribution in [-0.2, 0) is 11.2 Å². The Balaban J connectivity index is 1.52. The highest BCUT2D eigenvalue weighted by atomic mass is 32.1. The van der Waals surface area contributed by atoms with Gasteiger partial charge in [0.1, 0.15) is 5.58 Å². The second-order valence-electron chi connectivity index (χ2n) is 7.13. The van der Waals surface area contributed by atoms with Gasteiger partial charge in [0.05, 0.1) is 19.3 Å². The molecule has 0 saturated carbocycles. The number of fused-ring (bicyclic) bond motifs is 1. The van der Waals surface area contributed by atoms with Crippen molar-refractivity contribution in [1.29, 1.82) is 0 Å². The van der Waals surface area contributed by atoms with E-state index < -0.39 is 0 Å². The molecular weight excluding hydrogens is 372 g/mol. The minimum Gasteiger partial charge on any atom is -0.451 e. The summed E-state index contributed by atoms with van der Waals surface area (Å²) in [6, 6.07) is 10.5. The molecule has 1 amide bonds. The number of aryl methyl sites for hydroxylation is 2. The Bertz CT molecular complexity index is 942. The van der Waals surface area contributed by atoms with Crippen LogP contribution < -0.4 is 5.32 Å². The topological polar surface area (TPSA) is 54.7 Å².